The number of carbonyl (C=O) groups is 1. The Morgan fingerprint density at radius 1 is 1.15 bits per heavy atom. The molecule has 33 heavy (non-hydrogen) atoms. The molecular weight excluding hydrogens is 440 g/mol. The largest absolute Gasteiger partial charge is 0.495 e. The van der Waals surface area contributed by atoms with Crippen molar-refractivity contribution in [2.24, 2.45) is 11.3 Å². The molecule has 4 aliphatic heterocycles. The molecule has 3 saturated heterocycles. The molecule has 0 aliphatic carbocycles. The van der Waals surface area contributed by atoms with Crippen molar-refractivity contribution in [2.75, 3.05) is 33.4 Å². The maximum Gasteiger partial charge on any atom is 0.407 e. The van der Waals surface area contributed by atoms with Crippen molar-refractivity contribution in [2.45, 2.75) is 38.8 Å². The third kappa shape index (κ3) is 4.38. The van der Waals surface area contributed by atoms with Gasteiger partial charge in [0.25, 0.3) is 0 Å². The lowest BCUT2D eigenvalue weighted by atomic mass is 9.78. The second-order valence-electron chi connectivity index (χ2n) is 10.0. The Morgan fingerprint density at radius 3 is 2.58 bits per heavy atom. The number of alkyl carbamates (subject to hydrolysis) is 1. The molecule has 2 bridgehead atoms. The van der Waals surface area contributed by atoms with E-state index in [1.165, 1.54) is 0 Å². The molecule has 6 rings (SSSR count). The average molecular weight is 471 g/mol. The number of nitrogens with one attached hydrogen (secondary N) is 1. The number of ether oxygens (including phenoxy) is 3. The van der Waals surface area contributed by atoms with Crippen LogP contribution in [0.5, 0.6) is 11.5 Å². The molecule has 2 atom stereocenters. The maximum absolute atomic E-state index is 12.9. The van der Waals surface area contributed by atoms with Crippen LogP contribution in [0, 0.1) is 11.3 Å². The van der Waals surface area contributed by atoms with Gasteiger partial charge in [0.15, 0.2) is 0 Å². The summed E-state index contributed by atoms with van der Waals surface area (Å²) < 4.78 is 17.4. The van der Waals surface area contributed by atoms with Crippen LogP contribution in [0.1, 0.15) is 38.3 Å². The molecule has 0 spiro atoms. The fraction of sp³-hybridized carbons (Fsp3) is 0.500. The van der Waals surface area contributed by atoms with Crippen molar-refractivity contribution in [1.82, 2.24) is 10.2 Å². The minimum absolute atomic E-state index is 0.0165. The lowest BCUT2D eigenvalue weighted by molar-refractivity contribution is -0.0361. The number of fused-ring (bicyclic) bond motifs is 4. The van der Waals surface area contributed by atoms with Gasteiger partial charge in [0.05, 0.1) is 24.8 Å². The van der Waals surface area contributed by atoms with Crippen LogP contribution in [0.25, 0.3) is 11.1 Å². The molecule has 1 amide bonds. The fourth-order valence-corrected chi connectivity index (χ4v) is 5.49. The normalized spacial score (nSPS) is 27.3. The van der Waals surface area contributed by atoms with Crippen LogP contribution in [-0.2, 0) is 4.74 Å². The topological polar surface area (TPSA) is 60.0 Å². The SMILES string of the molecule is COc1cc(-c2ccc3c(c2)OCC(C)(C)C3NC(=O)O[C@H]2CN3CCC2CC3)ccc1Cl. The van der Waals surface area contributed by atoms with Crippen molar-refractivity contribution in [3.63, 3.8) is 0 Å². The van der Waals surface area contributed by atoms with Gasteiger partial charge in [-0.05, 0) is 61.2 Å². The number of methoxy groups -OCH3 is 1. The third-order valence-corrected chi connectivity index (χ3v) is 7.62. The van der Waals surface area contributed by atoms with E-state index in [-0.39, 0.29) is 23.7 Å². The van der Waals surface area contributed by atoms with E-state index in [0.717, 1.165) is 54.9 Å². The molecular formula is C26H31ClN2O4. The van der Waals surface area contributed by atoms with E-state index in [2.05, 4.69) is 24.1 Å². The van der Waals surface area contributed by atoms with Crippen LogP contribution >= 0.6 is 11.6 Å². The lowest BCUT2D eigenvalue weighted by Gasteiger charge is -2.44. The zero-order valence-electron chi connectivity index (χ0n) is 19.4. The number of hydrogen-bond acceptors (Lipinski definition) is 5. The summed E-state index contributed by atoms with van der Waals surface area (Å²) in [5.74, 6) is 1.88. The van der Waals surface area contributed by atoms with E-state index < -0.39 is 0 Å². The minimum Gasteiger partial charge on any atom is -0.495 e. The molecule has 2 aromatic rings. The van der Waals surface area contributed by atoms with E-state index >= 15 is 0 Å². The molecule has 176 valence electrons. The highest BCUT2D eigenvalue weighted by molar-refractivity contribution is 6.32. The van der Waals surface area contributed by atoms with Gasteiger partial charge in [0, 0.05) is 17.5 Å². The summed E-state index contributed by atoms with van der Waals surface area (Å²) in [5.41, 5.74) is 2.67. The summed E-state index contributed by atoms with van der Waals surface area (Å²) in [7, 11) is 1.61. The molecule has 6 nitrogen and oxygen atoms in total. The van der Waals surface area contributed by atoms with Gasteiger partial charge in [-0.2, -0.15) is 0 Å². The number of rotatable bonds is 4. The molecule has 1 N–H and O–H groups in total. The highest BCUT2D eigenvalue weighted by Crippen LogP contribution is 2.44. The predicted octanol–water partition coefficient (Wildman–Crippen LogP) is 5.30. The van der Waals surface area contributed by atoms with Crippen LogP contribution in [0.3, 0.4) is 0 Å². The number of halogens is 1. The van der Waals surface area contributed by atoms with Crippen LogP contribution in [0.2, 0.25) is 5.02 Å². The number of amides is 1. The second kappa shape index (κ2) is 8.73. The van der Waals surface area contributed by atoms with Crippen LogP contribution < -0.4 is 14.8 Å². The molecule has 0 saturated carbocycles. The predicted molar refractivity (Wildman–Crippen MR) is 128 cm³/mol. The van der Waals surface area contributed by atoms with Crippen molar-refractivity contribution in [3.8, 4) is 22.6 Å². The van der Waals surface area contributed by atoms with Crippen molar-refractivity contribution >= 4 is 17.7 Å². The van der Waals surface area contributed by atoms with E-state index in [9.17, 15) is 4.79 Å². The Kier molecular flexibility index (Phi) is 5.91. The lowest BCUT2D eigenvalue weighted by Crippen LogP contribution is -2.53. The number of benzene rings is 2. The van der Waals surface area contributed by atoms with Gasteiger partial charge in [0.2, 0.25) is 0 Å². The third-order valence-electron chi connectivity index (χ3n) is 7.31. The van der Waals surface area contributed by atoms with Gasteiger partial charge in [0.1, 0.15) is 17.6 Å². The van der Waals surface area contributed by atoms with Gasteiger partial charge < -0.3 is 19.5 Å². The number of carbonyl (C=O) groups excluding carboxylic acids is 1. The summed E-state index contributed by atoms with van der Waals surface area (Å²) in [4.78, 5) is 15.3. The van der Waals surface area contributed by atoms with Crippen LogP contribution in [0.4, 0.5) is 4.79 Å². The smallest absolute Gasteiger partial charge is 0.407 e. The Balaban J connectivity index is 1.36. The first-order valence-electron chi connectivity index (χ1n) is 11.6. The Morgan fingerprint density at radius 2 is 1.88 bits per heavy atom. The second-order valence-corrected chi connectivity index (χ2v) is 10.4. The quantitative estimate of drug-likeness (QED) is 0.657. The zero-order chi connectivity index (χ0) is 23.2. The highest BCUT2D eigenvalue weighted by Gasteiger charge is 2.41. The molecule has 0 aromatic heterocycles. The molecule has 0 radical (unpaired) electrons. The van der Waals surface area contributed by atoms with E-state index in [4.69, 9.17) is 25.8 Å². The first-order chi connectivity index (χ1) is 15.8. The minimum atomic E-state index is -0.341. The number of hydrogen-bond donors (Lipinski definition) is 1. The van der Waals surface area contributed by atoms with E-state index in [1.54, 1.807) is 7.11 Å². The Bertz CT molecular complexity index is 1050. The van der Waals surface area contributed by atoms with Crippen molar-refractivity contribution in [1.29, 1.82) is 0 Å². The number of piperidine rings is 3. The average Bonchev–Trinajstić information content (AvgIpc) is 2.82. The number of nitrogens with zero attached hydrogens (tertiary/aromatic N) is 1. The first kappa shape index (κ1) is 22.4. The van der Waals surface area contributed by atoms with Crippen molar-refractivity contribution in [3.05, 3.63) is 47.0 Å². The standard InChI is InChI=1S/C26H31ClN2O4/c1-26(2)15-32-21-12-17(18-5-7-20(27)22(13-18)31-3)4-6-19(21)24(26)28-25(30)33-23-14-29-10-8-16(23)9-11-29/h4-7,12-13,16,23-24H,8-11,14-15H2,1-3H3,(H,28,30)/t23-,24?/m0/s1. The van der Waals surface area contributed by atoms with Gasteiger partial charge in [-0.1, -0.05) is 43.6 Å². The monoisotopic (exact) mass is 470 g/mol. The molecule has 3 fully saturated rings. The molecule has 4 aliphatic rings. The van der Waals surface area contributed by atoms with Gasteiger partial charge in [-0.15, -0.1) is 0 Å². The zero-order valence-corrected chi connectivity index (χ0v) is 20.2. The molecule has 4 heterocycles. The van der Waals surface area contributed by atoms with Crippen LogP contribution in [-0.4, -0.2) is 50.4 Å². The van der Waals surface area contributed by atoms with Gasteiger partial charge in [-0.25, -0.2) is 4.79 Å². The first-order valence-corrected chi connectivity index (χ1v) is 12.0. The molecule has 1 unspecified atom stereocenters. The summed E-state index contributed by atoms with van der Waals surface area (Å²) in [6.07, 6.45) is 1.87. The fourth-order valence-electron chi connectivity index (χ4n) is 5.29. The van der Waals surface area contributed by atoms with Gasteiger partial charge >= 0.3 is 6.09 Å². The van der Waals surface area contributed by atoms with Crippen molar-refractivity contribution < 1.29 is 19.0 Å². The summed E-state index contributed by atoms with van der Waals surface area (Å²) in [6.45, 7) is 7.79. The summed E-state index contributed by atoms with van der Waals surface area (Å²) >= 11 is 6.18. The summed E-state index contributed by atoms with van der Waals surface area (Å²) in [5, 5.41) is 3.73. The molecule has 7 heteroatoms. The van der Waals surface area contributed by atoms with E-state index in [1.807, 2.05) is 36.4 Å². The Labute approximate surface area is 200 Å². The molecule has 2 aromatic carbocycles. The van der Waals surface area contributed by atoms with Gasteiger partial charge in [-0.3, -0.25) is 4.90 Å². The Hall–Kier alpha value is -2.44. The summed E-state index contributed by atoms with van der Waals surface area (Å²) in [6, 6.07) is 11.6. The maximum atomic E-state index is 12.9. The van der Waals surface area contributed by atoms with Crippen LogP contribution in [0.15, 0.2) is 36.4 Å². The highest BCUT2D eigenvalue weighted by atomic mass is 35.5. The van der Waals surface area contributed by atoms with E-state index in [0.29, 0.717) is 23.3 Å².